The van der Waals surface area contributed by atoms with Gasteiger partial charge >= 0.3 is 36.2 Å². The Morgan fingerprint density at radius 2 is 1.08 bits per heavy atom. The van der Waals surface area contributed by atoms with Gasteiger partial charge in [-0.15, -0.1) is 0 Å². The number of aliphatic carboxylic acids is 1. The quantitative estimate of drug-likeness (QED) is 0.113. The van der Waals surface area contributed by atoms with Crippen molar-refractivity contribution in [1.82, 2.24) is 30.7 Å². The highest BCUT2D eigenvalue weighted by Gasteiger charge is 2.50. The van der Waals surface area contributed by atoms with Crippen molar-refractivity contribution < 1.29 is 81.5 Å². The van der Waals surface area contributed by atoms with Crippen molar-refractivity contribution in [1.29, 1.82) is 0 Å². The maximum Gasteiger partial charge on any atom is 0.407 e. The average Bonchev–Trinajstić information content (AvgIpc) is 4.16. The number of nitrogens with zero attached hydrogens (tertiary/aromatic N) is 3. The van der Waals surface area contributed by atoms with E-state index in [-0.39, 0.29) is 36.4 Å². The fourth-order valence-electron chi connectivity index (χ4n) is 10.2. The number of fused-ring (bicyclic) bond motifs is 2. The van der Waals surface area contributed by atoms with Gasteiger partial charge in [0, 0.05) is 29.8 Å². The topological polar surface area (TPSA) is 300 Å². The zero-order valence-electron chi connectivity index (χ0n) is 42.3. The minimum absolute atomic E-state index is 0.00528. The zero-order chi connectivity index (χ0) is 54.0. The van der Waals surface area contributed by atoms with Crippen LogP contribution < -0.4 is 16.0 Å². The molecule has 0 bridgehead atoms. The molecule has 0 saturated carbocycles. The number of esters is 2. The number of Topliss-reactive ketones (excluding diaryl/α,β-unsaturated/α-hetero) is 2. The summed E-state index contributed by atoms with van der Waals surface area (Å²) in [5.74, 6) is -4.66. The molecule has 2 aromatic carbocycles. The summed E-state index contributed by atoms with van der Waals surface area (Å²) in [6.07, 6.45) is 3.24. The molecule has 7 rings (SSSR count). The summed E-state index contributed by atoms with van der Waals surface area (Å²) < 4.78 is 24.5. The van der Waals surface area contributed by atoms with Crippen LogP contribution >= 0.6 is 0 Å². The fourth-order valence-corrected chi connectivity index (χ4v) is 10.2. The first kappa shape index (κ1) is 55.7. The molecule has 5 aliphatic rings. The van der Waals surface area contributed by atoms with Crippen LogP contribution in [0.15, 0.2) is 48.5 Å². The maximum absolute atomic E-state index is 13.4. The predicted octanol–water partition coefficient (Wildman–Crippen LogP) is 3.39. The molecule has 5 fully saturated rings. The number of likely N-dealkylation sites (tertiary alicyclic amines) is 1. The Hall–Kier alpha value is -7.59. The van der Waals surface area contributed by atoms with Crippen LogP contribution in [0.4, 0.5) is 14.4 Å². The lowest BCUT2D eigenvalue weighted by atomic mass is 9.96. The van der Waals surface area contributed by atoms with E-state index in [2.05, 4.69) is 30.2 Å². The van der Waals surface area contributed by atoms with Crippen LogP contribution in [-0.4, -0.2) is 174 Å². The number of hydrogen-bond acceptors (Lipinski definition) is 16. The van der Waals surface area contributed by atoms with E-state index in [0.29, 0.717) is 75.3 Å². The van der Waals surface area contributed by atoms with Gasteiger partial charge in [0.25, 0.3) is 0 Å². The van der Waals surface area contributed by atoms with E-state index in [4.69, 9.17) is 14.6 Å². The van der Waals surface area contributed by atoms with Crippen LogP contribution in [0.3, 0.4) is 0 Å². The number of benzene rings is 2. The van der Waals surface area contributed by atoms with E-state index in [9.17, 15) is 52.7 Å². The molecule has 400 valence electrons. The summed E-state index contributed by atoms with van der Waals surface area (Å²) in [7, 11) is 3.63. The van der Waals surface area contributed by atoms with Gasteiger partial charge in [-0.2, -0.15) is 0 Å². The van der Waals surface area contributed by atoms with E-state index in [1.54, 1.807) is 69.3 Å². The number of carboxylic acid groups (broad SMARTS) is 1. The molecule has 23 heteroatoms. The van der Waals surface area contributed by atoms with E-state index in [1.165, 1.54) is 36.0 Å². The molecule has 23 nitrogen and oxygen atoms in total. The van der Waals surface area contributed by atoms with Gasteiger partial charge in [0.05, 0.1) is 21.3 Å². The Balaban J connectivity index is 0.000000414. The number of carbonyl (C=O) groups excluding carboxylic acids is 10. The molecule has 8 atom stereocenters. The number of piperidine rings is 2. The van der Waals surface area contributed by atoms with Gasteiger partial charge in [0.2, 0.25) is 17.7 Å². The summed E-state index contributed by atoms with van der Waals surface area (Å²) in [5.41, 5.74) is 0.798. The molecular formula is C51H64N6O17. The molecule has 0 aromatic heterocycles. The van der Waals surface area contributed by atoms with Gasteiger partial charge in [-0.1, -0.05) is 62.4 Å². The molecule has 0 unspecified atom stereocenters. The number of ketones is 2. The molecule has 2 aromatic rings. The first-order valence-corrected chi connectivity index (χ1v) is 24.6. The van der Waals surface area contributed by atoms with Crippen LogP contribution in [-0.2, 0) is 52.5 Å². The van der Waals surface area contributed by atoms with E-state index >= 15 is 0 Å². The summed E-state index contributed by atoms with van der Waals surface area (Å²) >= 11 is 0. The number of amides is 6. The normalized spacial score (nSPS) is 24.2. The molecule has 0 spiro atoms. The second-order valence-corrected chi connectivity index (χ2v) is 19.3. The first-order chi connectivity index (χ1) is 35.2. The summed E-state index contributed by atoms with van der Waals surface area (Å²) in [5, 5.41) is 16.6. The number of ether oxygens (including phenoxy) is 5. The molecule has 4 N–H and O–H groups in total. The van der Waals surface area contributed by atoms with E-state index in [0.717, 1.165) is 11.1 Å². The molecule has 5 saturated heterocycles. The van der Waals surface area contributed by atoms with Crippen LogP contribution in [0.2, 0.25) is 0 Å². The lowest BCUT2D eigenvalue weighted by Crippen LogP contribution is -2.58. The Morgan fingerprint density at radius 1 is 0.635 bits per heavy atom. The van der Waals surface area contributed by atoms with Gasteiger partial charge in [0.1, 0.15) is 35.7 Å². The van der Waals surface area contributed by atoms with Crippen molar-refractivity contribution in [2.24, 2.45) is 5.92 Å². The smallest absolute Gasteiger partial charge is 0.407 e. The molecule has 5 aliphatic heterocycles. The van der Waals surface area contributed by atoms with Crippen molar-refractivity contribution >= 4 is 65.5 Å². The zero-order valence-corrected chi connectivity index (χ0v) is 42.3. The number of carbonyl (C=O) groups is 11. The highest BCUT2D eigenvalue weighted by molar-refractivity contribution is 6.01. The highest BCUT2D eigenvalue weighted by atomic mass is 16.6. The monoisotopic (exact) mass is 1030 g/mol. The third-order valence-electron chi connectivity index (χ3n) is 14.4. The molecule has 5 heterocycles. The van der Waals surface area contributed by atoms with Gasteiger partial charge in [-0.3, -0.25) is 24.0 Å². The number of nitrogens with one attached hydrogen (secondary N) is 3. The number of carboxylic acids is 1. The maximum atomic E-state index is 13.4. The molecule has 0 aliphatic carbocycles. The second kappa shape index (κ2) is 24.4. The minimum atomic E-state index is -1.32. The van der Waals surface area contributed by atoms with Crippen molar-refractivity contribution in [3.63, 3.8) is 0 Å². The molecule has 74 heavy (non-hydrogen) atoms. The lowest BCUT2D eigenvalue weighted by Gasteiger charge is -2.37. The number of alkyl carbamates (subject to hydrolysis) is 3. The Labute approximate surface area is 427 Å². The first-order valence-electron chi connectivity index (χ1n) is 24.6. The highest BCUT2D eigenvalue weighted by Crippen LogP contribution is 2.35. The Morgan fingerprint density at radius 3 is 1.54 bits per heavy atom. The van der Waals surface area contributed by atoms with Crippen LogP contribution in [0.1, 0.15) is 106 Å². The lowest BCUT2D eigenvalue weighted by molar-refractivity contribution is -0.160. The van der Waals surface area contributed by atoms with Crippen LogP contribution in [0.25, 0.3) is 11.1 Å². The third-order valence-corrected chi connectivity index (χ3v) is 14.4. The van der Waals surface area contributed by atoms with Crippen molar-refractivity contribution in [3.05, 3.63) is 59.7 Å². The predicted molar refractivity (Wildman–Crippen MR) is 258 cm³/mol. The Bertz CT molecular complexity index is 2480. The summed E-state index contributed by atoms with van der Waals surface area (Å²) in [6.45, 7) is 4.37. The van der Waals surface area contributed by atoms with Crippen molar-refractivity contribution in [2.45, 2.75) is 133 Å². The molecule has 6 amide bonds. The fraction of sp³-hybridized carbons (Fsp3) is 0.549. The largest absolute Gasteiger partial charge is 0.480 e. The standard InChI is InChI=1S/C40H48N4O12.C11H16N2O5/c1-23(2)33(42-39(52)54-5)35(48)43-20-6-19-40(43,3)37(50)56-22-32(46)27-13-9-25(10-14-27)24-7-11-26(12-8-24)31(45)21-55-36(49)30-18-16-28-15-17-29(34(47)44(28)30)41-38(51)53-4;1-18-11(17)12-7-4-2-6-3-5-8(10(15)16)13(6)9(7)14/h7-14,23,28-30,33H,6,15-22H2,1-5H3,(H,41,51)(H,42,52);6-8H,2-5H2,1H3,(H,12,17)(H,15,16)/t28-,29-,30-,33-,40-;6-,7-,8-/m00/s1. The second-order valence-electron chi connectivity index (χ2n) is 19.3. The Kier molecular flexibility index (Phi) is 18.4. The third kappa shape index (κ3) is 12.6. The van der Waals surface area contributed by atoms with Crippen LogP contribution in [0.5, 0.6) is 0 Å². The minimum Gasteiger partial charge on any atom is -0.480 e. The SMILES string of the molecule is COC(=O)N[C@H]1CC[C@H]2CC[C@@H](C(=O)O)N2C1=O.COC(=O)N[C@H]1CC[C@H]2CC[C@@H](C(=O)OCC(=O)c3ccc(-c4ccc(C(=O)COC(=O)[C@]5(C)CCCN5C(=O)[C@@H](NC(=O)OC)C(C)C)cc4)cc3)N2C1=O. The van der Waals surface area contributed by atoms with Gasteiger partial charge in [-0.25, -0.2) is 28.8 Å². The average molecular weight is 1030 g/mol. The number of hydrogen-bond donors (Lipinski definition) is 4. The summed E-state index contributed by atoms with van der Waals surface area (Å²) in [6, 6.07) is 9.12. The number of methoxy groups -OCH3 is 3. The summed E-state index contributed by atoms with van der Waals surface area (Å²) in [4.78, 5) is 141. The van der Waals surface area contributed by atoms with Gasteiger partial charge in [-0.05, 0) is 88.2 Å². The van der Waals surface area contributed by atoms with Crippen LogP contribution in [0, 0.1) is 5.92 Å². The molecular weight excluding hydrogens is 969 g/mol. The number of rotatable bonds is 15. The van der Waals surface area contributed by atoms with Gasteiger partial charge < -0.3 is 59.4 Å². The van der Waals surface area contributed by atoms with Crippen molar-refractivity contribution in [2.75, 3.05) is 41.1 Å². The van der Waals surface area contributed by atoms with E-state index < -0.39 is 103 Å². The molecule has 0 radical (unpaired) electrons. The van der Waals surface area contributed by atoms with E-state index in [1.807, 2.05) is 0 Å². The van der Waals surface area contributed by atoms with Gasteiger partial charge in [0.15, 0.2) is 24.8 Å². The van der Waals surface area contributed by atoms with Crippen molar-refractivity contribution in [3.8, 4) is 11.1 Å².